The Bertz CT molecular complexity index is 6300. The van der Waals surface area contributed by atoms with E-state index in [4.69, 9.17) is 25.3 Å². The van der Waals surface area contributed by atoms with E-state index in [9.17, 15) is 38.9 Å². The van der Waals surface area contributed by atoms with Crippen LogP contribution in [0.15, 0.2) is 263 Å². The number of rotatable bonds is 40. The van der Waals surface area contributed by atoms with Crippen LogP contribution in [0.4, 0.5) is 34.1 Å². The van der Waals surface area contributed by atoms with Gasteiger partial charge in [-0.05, 0) is 217 Å². The molecule has 0 N–H and O–H groups in total. The molecule has 1 aliphatic carbocycles. The zero-order valence-corrected chi connectivity index (χ0v) is 92.7. The molecule has 0 radical (unpaired) electrons. The highest BCUT2D eigenvalue weighted by molar-refractivity contribution is 7.86. The van der Waals surface area contributed by atoms with Crippen LogP contribution in [-0.4, -0.2) is 152 Å². The van der Waals surface area contributed by atoms with Crippen molar-refractivity contribution in [1.29, 1.82) is 0 Å². The second-order valence-corrected chi connectivity index (χ2v) is 48.0. The Kier molecular flexibility index (Phi) is 42.0. The summed E-state index contributed by atoms with van der Waals surface area (Å²) in [5, 5.41) is 0. The minimum Gasteiger partial charge on any atom is -0.748 e. The summed E-state index contributed by atoms with van der Waals surface area (Å²) < 4.78 is 159. The Labute approximate surface area is 860 Å². The van der Waals surface area contributed by atoms with E-state index in [-0.39, 0.29) is 49.7 Å². The van der Waals surface area contributed by atoms with E-state index in [1.807, 2.05) is 0 Å². The Hall–Kier alpha value is -9.90. The van der Waals surface area contributed by atoms with Crippen molar-refractivity contribution in [3.05, 3.63) is 297 Å². The fraction of sp³-hybridized carbons (Fsp3) is 0.496. The number of hydrogen-bond acceptors (Lipinski definition) is 18. The van der Waals surface area contributed by atoms with E-state index in [0.29, 0.717) is 69.4 Å². The second-order valence-electron chi connectivity index (χ2n) is 42.6. The van der Waals surface area contributed by atoms with Crippen molar-refractivity contribution in [2.75, 3.05) is 71.2 Å². The van der Waals surface area contributed by atoms with E-state index in [2.05, 4.69) is 392 Å². The number of nitrogens with zero attached hydrogens (tertiary/aromatic N) is 6. The maximum Gasteiger partial charge on any atom is 0.425 e. The number of allylic oxidation sites excluding steroid dienone is 20. The van der Waals surface area contributed by atoms with Gasteiger partial charge in [-0.3, -0.25) is 0 Å². The van der Waals surface area contributed by atoms with E-state index < -0.39 is 51.6 Å². The highest BCUT2D eigenvalue weighted by Gasteiger charge is 2.49. The molecule has 13 rings (SSSR count). The summed E-state index contributed by atoms with van der Waals surface area (Å²) in [7, 11) is -18.8. The summed E-state index contributed by atoms with van der Waals surface area (Å²) >= 11 is 0. The van der Waals surface area contributed by atoms with Gasteiger partial charge in [0.15, 0.2) is 17.1 Å². The van der Waals surface area contributed by atoms with Gasteiger partial charge in [-0.15, -0.1) is 25.3 Å². The minimum atomic E-state index is -4.20. The van der Waals surface area contributed by atoms with Crippen molar-refractivity contribution in [2.24, 2.45) is 17.8 Å². The van der Waals surface area contributed by atoms with Gasteiger partial charge in [-0.25, -0.2) is 25.3 Å². The molecule has 0 saturated carbocycles. The zero-order chi connectivity index (χ0) is 105. The molecular formula is C117H158N6O15S5. The van der Waals surface area contributed by atoms with Gasteiger partial charge in [0.1, 0.15) is 19.6 Å². The first-order chi connectivity index (χ1) is 67.3. The van der Waals surface area contributed by atoms with E-state index >= 15 is 0 Å². The van der Waals surface area contributed by atoms with Gasteiger partial charge < -0.3 is 28.4 Å². The highest BCUT2D eigenvalue weighted by Crippen LogP contribution is 2.53. The van der Waals surface area contributed by atoms with Crippen molar-refractivity contribution < 1.29 is 77.9 Å². The maximum atomic E-state index is 11.2. The van der Waals surface area contributed by atoms with Crippen molar-refractivity contribution in [3.8, 4) is 0 Å². The molecule has 6 aromatic carbocycles. The summed E-state index contributed by atoms with van der Waals surface area (Å²) in [5.41, 5.74) is 29.4. The predicted molar refractivity (Wildman–Crippen MR) is 584 cm³/mol. The standard InChI is InChI=1S/C43H58N2O3S.2C37H50N2O3S.2O3S/c1-8-9-15-29-44-37-23-13-11-21-35(37)42(4,5)39(44)27-25-33-19-18-20-34(41(33)32(2)3)26-28-40-43(6,7)36-22-12-14-24-38(36)45(40)30-16-10-17-31-49(46,47)48;2*1-8-9-14-25-38-32-19-12-10-17-30(32)36(4,5)34(38)23-21-29(28(2)3)22-24-35-37(6,7)31-18-11-13-20-33(31)39(35)26-15-16-27-43(40,41)42;2*1-4(2)3/h11-14,21-28,32H,8-10,15-20,29-31H2,1-7H3;2*10-13,17-24,28H,8-9,14-16,25-27H2,1-7H3;;. The van der Waals surface area contributed by atoms with Crippen LogP contribution in [0.25, 0.3) is 0 Å². The molecule has 143 heavy (non-hydrogen) atoms. The Balaban J connectivity index is 0.000000231. The average Bonchev–Trinajstić information content (AvgIpc) is 1.62. The molecule has 0 bridgehead atoms. The number of unbranched alkanes of at least 4 members (excludes halogenated alkanes) is 10. The first-order valence-corrected chi connectivity index (χ1v) is 58.3. The summed E-state index contributed by atoms with van der Waals surface area (Å²) in [6.45, 7) is 53.3. The van der Waals surface area contributed by atoms with Crippen LogP contribution in [0.5, 0.6) is 0 Å². The molecule has 0 saturated heterocycles. The second kappa shape index (κ2) is 51.4. The summed E-state index contributed by atoms with van der Waals surface area (Å²) in [6.07, 6.45) is 46.0. The maximum absolute atomic E-state index is 11.2. The molecule has 6 aromatic rings. The summed E-state index contributed by atoms with van der Waals surface area (Å²) in [6, 6.07) is 52.1. The van der Waals surface area contributed by atoms with Crippen LogP contribution >= 0.6 is 0 Å². The number of anilines is 3. The van der Waals surface area contributed by atoms with Gasteiger partial charge in [0, 0.05) is 160 Å². The third-order valence-corrected chi connectivity index (χ3v) is 31.6. The molecule has 0 aromatic heterocycles. The first-order valence-electron chi connectivity index (χ1n) is 51.5. The molecule has 0 fully saturated rings. The van der Waals surface area contributed by atoms with Crippen LogP contribution in [0.3, 0.4) is 0 Å². The molecule has 7 aliphatic rings. The molecule has 776 valence electrons. The Morgan fingerprint density at radius 2 is 0.636 bits per heavy atom. The van der Waals surface area contributed by atoms with Gasteiger partial charge in [0.25, 0.3) is 0 Å². The summed E-state index contributed by atoms with van der Waals surface area (Å²) in [4.78, 5) is 7.04. The third kappa shape index (κ3) is 30.2. The Morgan fingerprint density at radius 1 is 0.350 bits per heavy atom. The lowest BCUT2D eigenvalue weighted by Crippen LogP contribution is -2.28. The molecule has 26 heteroatoms. The van der Waals surface area contributed by atoms with Gasteiger partial charge in [0.05, 0.1) is 46.6 Å². The molecular weight excluding hydrogens is 1890 g/mol. The molecule has 0 unspecified atom stereocenters. The van der Waals surface area contributed by atoms with Gasteiger partial charge in [0.2, 0.25) is 17.1 Å². The molecule has 6 heterocycles. The topological polar surface area (TPSA) is 293 Å². The average molecular weight is 2050 g/mol. The quantitative estimate of drug-likeness (QED) is 0.0149. The van der Waals surface area contributed by atoms with E-state index in [1.54, 1.807) is 0 Å². The normalized spacial score (nSPS) is 18.6. The van der Waals surface area contributed by atoms with Crippen LogP contribution in [0.1, 0.15) is 301 Å². The molecule has 0 amide bonds. The fourth-order valence-corrected chi connectivity index (χ4v) is 23.3. The largest absolute Gasteiger partial charge is 0.748 e. The zero-order valence-electron chi connectivity index (χ0n) is 88.7. The smallest absolute Gasteiger partial charge is 0.425 e. The first kappa shape index (κ1) is 117. The lowest BCUT2D eigenvalue weighted by atomic mass is 9.79. The molecule has 0 atom stereocenters. The molecule has 21 nitrogen and oxygen atoms in total. The predicted octanol–water partition coefficient (Wildman–Crippen LogP) is 25.1. The number of fused-ring (bicyclic) bond motifs is 6. The molecule has 6 aliphatic heterocycles. The lowest BCUT2D eigenvalue weighted by Gasteiger charge is -2.28. The van der Waals surface area contributed by atoms with E-state index in [1.165, 1.54) is 176 Å². The number of hydrogen-bond donors (Lipinski definition) is 0. The van der Waals surface area contributed by atoms with Gasteiger partial charge >= 0.3 is 21.2 Å². The van der Waals surface area contributed by atoms with Gasteiger partial charge in [-0.2, -0.15) is 13.7 Å². The van der Waals surface area contributed by atoms with Crippen LogP contribution in [-0.2, 0) is 84.1 Å². The number of benzene rings is 6. The monoisotopic (exact) mass is 2050 g/mol. The van der Waals surface area contributed by atoms with Crippen molar-refractivity contribution >= 4 is 103 Å². The number of para-hydroxylation sites is 6. The Morgan fingerprint density at radius 3 is 0.944 bits per heavy atom. The highest BCUT2D eigenvalue weighted by atomic mass is 32.2. The van der Waals surface area contributed by atoms with Crippen LogP contribution in [0, 0.1) is 17.8 Å². The van der Waals surface area contributed by atoms with Gasteiger partial charge in [-0.1, -0.05) is 275 Å². The third-order valence-electron chi connectivity index (χ3n) is 29.2. The fourth-order valence-electron chi connectivity index (χ4n) is 21.6. The van der Waals surface area contributed by atoms with Crippen molar-refractivity contribution in [1.82, 2.24) is 0 Å². The van der Waals surface area contributed by atoms with Crippen LogP contribution < -0.4 is 14.7 Å². The van der Waals surface area contributed by atoms with E-state index in [0.717, 1.165) is 63.2 Å². The van der Waals surface area contributed by atoms with Crippen molar-refractivity contribution in [2.45, 2.75) is 300 Å². The van der Waals surface area contributed by atoms with Crippen molar-refractivity contribution in [3.63, 3.8) is 0 Å². The minimum absolute atomic E-state index is 0.0502. The van der Waals surface area contributed by atoms with Crippen LogP contribution in [0.2, 0.25) is 0 Å². The molecule has 0 spiro atoms. The lowest BCUT2D eigenvalue weighted by molar-refractivity contribution is -0.438. The SMILES string of the molecule is CCCCC[N+]1=C(C=CC(=CC=C2N(CCCCS(=O)(=O)[O-])c3ccccc3C2(C)C)C(C)C)C(C)(C)c2ccccc21.CCCCC[N+]1=C(C=CC(=CC=C2N(CCCCS(=O)(=O)[O-])c3ccccc3C2(C)C)C(C)C)C(C)(C)c2ccccc21.CCCCC[N+]1=C(C=CC2=C(C(C)C)C(=CC=C3N(CCCCCS(=O)(=O)[O-])c4ccccc4C3(C)C)CCC2)C(C)(C)c2ccccc21.O=S(=O)=O.O=S(=O)=O. The summed E-state index contributed by atoms with van der Waals surface area (Å²) in [5.74, 6) is 0.147.